The topological polar surface area (TPSA) is 67.0 Å². The molecule has 5 heteroatoms. The first-order valence-electron chi connectivity index (χ1n) is 8.65. The summed E-state index contributed by atoms with van der Waals surface area (Å²) in [5.74, 6) is 1.24. The maximum Gasteiger partial charge on any atom is 0.255 e. The Morgan fingerprint density at radius 3 is 2.70 bits per heavy atom. The zero-order valence-electron chi connectivity index (χ0n) is 15.1. The molecule has 2 N–H and O–H groups in total. The number of carbonyl (C=O) groups is 1. The van der Waals surface area contributed by atoms with E-state index in [1.165, 1.54) is 0 Å². The van der Waals surface area contributed by atoms with Gasteiger partial charge in [-0.15, -0.1) is 0 Å². The van der Waals surface area contributed by atoms with Gasteiger partial charge in [-0.2, -0.15) is 0 Å². The van der Waals surface area contributed by atoms with Crippen LogP contribution in [0, 0.1) is 6.92 Å². The Labute approximate surface area is 157 Å². The first-order valence-corrected chi connectivity index (χ1v) is 8.65. The quantitative estimate of drug-likeness (QED) is 0.551. The predicted octanol–water partition coefficient (Wildman–Crippen LogP) is 4.80. The fraction of sp³-hybridized carbons (Fsp3) is 0.0909. The van der Waals surface area contributed by atoms with Crippen LogP contribution >= 0.6 is 0 Å². The van der Waals surface area contributed by atoms with Crippen LogP contribution < -0.4 is 10.1 Å². The Bertz CT molecular complexity index is 1100. The second-order valence-electron chi connectivity index (χ2n) is 6.32. The number of aryl methyl sites for hydroxylation is 1. The minimum atomic E-state index is -0.182. The molecule has 1 heterocycles. The molecule has 0 saturated heterocycles. The highest BCUT2D eigenvalue weighted by atomic mass is 16.5. The second-order valence-corrected chi connectivity index (χ2v) is 6.32. The van der Waals surface area contributed by atoms with Crippen molar-refractivity contribution in [1.82, 2.24) is 9.97 Å². The average Bonchev–Trinajstić information content (AvgIpc) is 3.14. The number of hydrogen-bond acceptors (Lipinski definition) is 3. The Kier molecular flexibility index (Phi) is 4.34. The van der Waals surface area contributed by atoms with Crippen LogP contribution in [-0.2, 0) is 0 Å². The van der Waals surface area contributed by atoms with E-state index >= 15 is 0 Å². The number of hydrogen-bond donors (Lipinski definition) is 2. The summed E-state index contributed by atoms with van der Waals surface area (Å²) in [4.78, 5) is 20.6. The van der Waals surface area contributed by atoms with E-state index in [0.717, 1.165) is 33.7 Å². The minimum absolute atomic E-state index is 0.182. The molecule has 0 bridgehead atoms. The third-order valence-corrected chi connectivity index (χ3v) is 4.48. The number of nitrogens with one attached hydrogen (secondary N) is 2. The summed E-state index contributed by atoms with van der Waals surface area (Å²) in [5, 5.41) is 2.99. The van der Waals surface area contributed by atoms with Gasteiger partial charge in [0, 0.05) is 16.8 Å². The van der Waals surface area contributed by atoms with Gasteiger partial charge < -0.3 is 15.0 Å². The number of nitrogens with zero attached hydrogens (tertiary/aromatic N) is 1. The molecule has 0 radical (unpaired) electrons. The van der Waals surface area contributed by atoms with Crippen LogP contribution in [0.3, 0.4) is 0 Å². The number of benzene rings is 3. The van der Waals surface area contributed by atoms with E-state index in [9.17, 15) is 4.79 Å². The number of H-pyrrole nitrogens is 1. The average molecular weight is 357 g/mol. The first kappa shape index (κ1) is 16.8. The maximum atomic E-state index is 12.6. The standard InChI is InChI=1S/C22H19N3O2/c1-14-10-11-15(21-23-18-8-3-4-9-19(18)24-21)13-20(14)25-22(26)16-6-5-7-17(12-16)27-2/h3-13H,1-2H3,(H,23,24)(H,25,26). The van der Waals surface area contributed by atoms with Gasteiger partial charge in [0.1, 0.15) is 11.6 Å². The number of fused-ring (bicyclic) bond motifs is 1. The third kappa shape index (κ3) is 3.40. The Morgan fingerprint density at radius 1 is 1.04 bits per heavy atom. The monoisotopic (exact) mass is 357 g/mol. The first-order chi connectivity index (χ1) is 13.1. The van der Waals surface area contributed by atoms with Crippen molar-refractivity contribution in [3.63, 3.8) is 0 Å². The molecule has 0 atom stereocenters. The van der Waals surface area contributed by atoms with Crippen LogP contribution in [0.25, 0.3) is 22.4 Å². The normalized spacial score (nSPS) is 10.7. The molecule has 134 valence electrons. The fourth-order valence-electron chi connectivity index (χ4n) is 2.95. The molecule has 4 rings (SSSR count). The summed E-state index contributed by atoms with van der Waals surface area (Å²) in [6.45, 7) is 1.96. The van der Waals surface area contributed by atoms with Crippen LogP contribution in [0.2, 0.25) is 0 Å². The molecule has 0 fully saturated rings. The number of ether oxygens (including phenoxy) is 1. The van der Waals surface area contributed by atoms with Crippen molar-refractivity contribution >= 4 is 22.6 Å². The number of para-hydroxylation sites is 2. The number of carbonyl (C=O) groups excluding carboxylic acids is 1. The highest BCUT2D eigenvalue weighted by Gasteiger charge is 2.11. The highest BCUT2D eigenvalue weighted by Crippen LogP contribution is 2.26. The lowest BCUT2D eigenvalue weighted by Crippen LogP contribution is -2.13. The van der Waals surface area contributed by atoms with E-state index in [1.54, 1.807) is 25.3 Å². The highest BCUT2D eigenvalue weighted by molar-refractivity contribution is 6.05. The molecule has 0 saturated carbocycles. The molecule has 0 spiro atoms. The third-order valence-electron chi connectivity index (χ3n) is 4.48. The van der Waals surface area contributed by atoms with Gasteiger partial charge in [0.15, 0.2) is 0 Å². The van der Waals surface area contributed by atoms with E-state index in [1.807, 2.05) is 55.5 Å². The summed E-state index contributed by atoms with van der Waals surface area (Å²) < 4.78 is 5.19. The lowest BCUT2D eigenvalue weighted by Gasteiger charge is -2.10. The molecule has 0 aliphatic carbocycles. The van der Waals surface area contributed by atoms with Gasteiger partial charge in [0.2, 0.25) is 0 Å². The van der Waals surface area contributed by atoms with E-state index in [4.69, 9.17) is 4.74 Å². The van der Waals surface area contributed by atoms with Crippen LogP contribution in [0.5, 0.6) is 5.75 Å². The van der Waals surface area contributed by atoms with Gasteiger partial charge in [-0.25, -0.2) is 4.98 Å². The van der Waals surface area contributed by atoms with Gasteiger partial charge in [0.25, 0.3) is 5.91 Å². The number of amides is 1. The minimum Gasteiger partial charge on any atom is -0.497 e. The second kappa shape index (κ2) is 6.96. The number of rotatable bonds is 4. The van der Waals surface area contributed by atoms with Crippen LogP contribution in [0.15, 0.2) is 66.7 Å². The lowest BCUT2D eigenvalue weighted by atomic mass is 10.1. The Balaban J connectivity index is 1.65. The summed E-state index contributed by atoms with van der Waals surface area (Å²) in [7, 11) is 1.58. The van der Waals surface area contributed by atoms with Crippen molar-refractivity contribution in [2.75, 3.05) is 12.4 Å². The molecule has 0 unspecified atom stereocenters. The molecule has 4 aromatic rings. The summed E-state index contributed by atoms with van der Waals surface area (Å²) >= 11 is 0. The number of methoxy groups -OCH3 is 1. The van der Waals surface area contributed by atoms with Crippen molar-refractivity contribution in [2.45, 2.75) is 6.92 Å². The molecular formula is C22H19N3O2. The largest absolute Gasteiger partial charge is 0.497 e. The summed E-state index contributed by atoms with van der Waals surface area (Å²) in [6, 6.07) is 20.9. The van der Waals surface area contributed by atoms with E-state index in [0.29, 0.717) is 11.3 Å². The van der Waals surface area contributed by atoms with Crippen molar-refractivity contribution in [3.8, 4) is 17.1 Å². The van der Waals surface area contributed by atoms with Gasteiger partial charge in [0.05, 0.1) is 18.1 Å². The van der Waals surface area contributed by atoms with Crippen molar-refractivity contribution in [1.29, 1.82) is 0 Å². The Morgan fingerprint density at radius 2 is 1.89 bits per heavy atom. The molecular weight excluding hydrogens is 338 g/mol. The number of aromatic nitrogens is 2. The van der Waals surface area contributed by atoms with Gasteiger partial charge in [-0.3, -0.25) is 4.79 Å². The van der Waals surface area contributed by atoms with Gasteiger partial charge in [-0.05, 0) is 48.9 Å². The fourth-order valence-corrected chi connectivity index (χ4v) is 2.95. The zero-order valence-corrected chi connectivity index (χ0v) is 15.1. The van der Waals surface area contributed by atoms with E-state index in [-0.39, 0.29) is 5.91 Å². The summed E-state index contributed by atoms with van der Waals surface area (Å²) in [6.07, 6.45) is 0. The van der Waals surface area contributed by atoms with Crippen molar-refractivity contribution in [2.24, 2.45) is 0 Å². The Hall–Kier alpha value is -3.60. The molecule has 5 nitrogen and oxygen atoms in total. The van der Waals surface area contributed by atoms with Gasteiger partial charge >= 0.3 is 0 Å². The summed E-state index contributed by atoms with van der Waals surface area (Å²) in [5.41, 5.74) is 5.08. The van der Waals surface area contributed by atoms with E-state index in [2.05, 4.69) is 15.3 Å². The van der Waals surface area contributed by atoms with Crippen LogP contribution in [-0.4, -0.2) is 23.0 Å². The van der Waals surface area contributed by atoms with Crippen LogP contribution in [0.1, 0.15) is 15.9 Å². The molecule has 0 aliphatic rings. The SMILES string of the molecule is COc1cccc(C(=O)Nc2cc(-c3nc4ccccc4[nH]3)ccc2C)c1. The molecule has 3 aromatic carbocycles. The van der Waals surface area contributed by atoms with Crippen LogP contribution in [0.4, 0.5) is 5.69 Å². The molecule has 1 amide bonds. The zero-order chi connectivity index (χ0) is 18.8. The van der Waals surface area contributed by atoms with Crippen molar-refractivity contribution in [3.05, 3.63) is 77.9 Å². The number of imidazole rings is 1. The number of aromatic amines is 1. The smallest absolute Gasteiger partial charge is 0.255 e. The molecule has 1 aromatic heterocycles. The maximum absolute atomic E-state index is 12.6. The predicted molar refractivity (Wildman–Crippen MR) is 107 cm³/mol. The van der Waals surface area contributed by atoms with E-state index < -0.39 is 0 Å². The number of anilines is 1. The molecule has 0 aliphatic heterocycles. The molecule has 27 heavy (non-hydrogen) atoms. The lowest BCUT2D eigenvalue weighted by molar-refractivity contribution is 0.102. The van der Waals surface area contributed by atoms with Crippen molar-refractivity contribution < 1.29 is 9.53 Å². The van der Waals surface area contributed by atoms with Gasteiger partial charge in [-0.1, -0.05) is 30.3 Å².